The summed E-state index contributed by atoms with van der Waals surface area (Å²) in [5.74, 6) is 0. The second-order valence-electron chi connectivity index (χ2n) is 3.62. The maximum Gasteiger partial charge on any atom is 0.160 e. The van der Waals surface area contributed by atoms with Crippen LogP contribution in [0, 0.1) is 0 Å². The normalized spacial score (nSPS) is 14.4. The van der Waals surface area contributed by atoms with Gasteiger partial charge in [0.15, 0.2) is 12.3 Å². The van der Waals surface area contributed by atoms with Crippen LogP contribution in [0.2, 0.25) is 0 Å². The van der Waals surface area contributed by atoms with Crippen LogP contribution < -0.4 is 0 Å². The van der Waals surface area contributed by atoms with Crippen molar-refractivity contribution in [2.75, 3.05) is 0 Å². The molecular weight excluding hydrogens is 206 g/mol. The SMILES string of the molecule is F[C@H](c1ccccc1)[C@@H](F)c1ccccc1. The first-order valence-electron chi connectivity index (χ1n) is 5.17. The lowest BCUT2D eigenvalue weighted by atomic mass is 10.0. The van der Waals surface area contributed by atoms with Gasteiger partial charge in [0.1, 0.15) is 0 Å². The first kappa shape index (κ1) is 10.8. The van der Waals surface area contributed by atoms with Crippen molar-refractivity contribution in [3.8, 4) is 0 Å². The zero-order valence-electron chi connectivity index (χ0n) is 8.68. The minimum absolute atomic E-state index is 0.374. The van der Waals surface area contributed by atoms with Crippen molar-refractivity contribution < 1.29 is 8.78 Å². The van der Waals surface area contributed by atoms with Gasteiger partial charge in [0, 0.05) is 0 Å². The number of hydrogen-bond donors (Lipinski definition) is 0. The summed E-state index contributed by atoms with van der Waals surface area (Å²) in [5.41, 5.74) is 0.748. The van der Waals surface area contributed by atoms with E-state index in [1.165, 1.54) is 0 Å². The van der Waals surface area contributed by atoms with E-state index < -0.39 is 12.3 Å². The Morgan fingerprint density at radius 3 is 1.19 bits per heavy atom. The first-order valence-corrected chi connectivity index (χ1v) is 5.17. The molecule has 0 spiro atoms. The molecule has 0 aromatic heterocycles. The fourth-order valence-corrected chi connectivity index (χ4v) is 1.61. The van der Waals surface area contributed by atoms with Gasteiger partial charge in [-0.3, -0.25) is 0 Å². The van der Waals surface area contributed by atoms with E-state index in [0.29, 0.717) is 11.1 Å². The topological polar surface area (TPSA) is 0 Å². The fraction of sp³-hybridized carbons (Fsp3) is 0.143. The monoisotopic (exact) mass is 218 g/mol. The average molecular weight is 218 g/mol. The number of benzene rings is 2. The van der Waals surface area contributed by atoms with Crippen molar-refractivity contribution in [2.24, 2.45) is 0 Å². The maximum atomic E-state index is 13.8. The third kappa shape index (κ3) is 2.27. The molecule has 0 bridgehead atoms. The van der Waals surface area contributed by atoms with Crippen LogP contribution in [-0.4, -0.2) is 0 Å². The Hall–Kier alpha value is -1.70. The largest absolute Gasteiger partial charge is 0.239 e. The molecule has 0 fully saturated rings. The maximum absolute atomic E-state index is 13.8. The Bertz CT molecular complexity index is 382. The van der Waals surface area contributed by atoms with E-state index >= 15 is 0 Å². The molecule has 0 aliphatic carbocycles. The smallest absolute Gasteiger partial charge is 0.160 e. The molecule has 0 saturated carbocycles. The summed E-state index contributed by atoms with van der Waals surface area (Å²) in [6, 6.07) is 16.8. The third-order valence-corrected chi connectivity index (χ3v) is 2.49. The van der Waals surface area contributed by atoms with Crippen molar-refractivity contribution in [1.82, 2.24) is 0 Å². The summed E-state index contributed by atoms with van der Waals surface area (Å²) in [7, 11) is 0. The molecule has 0 aliphatic heterocycles. The highest BCUT2D eigenvalue weighted by atomic mass is 19.2. The van der Waals surface area contributed by atoms with Crippen molar-refractivity contribution in [3.05, 3.63) is 71.8 Å². The molecular formula is C14H12F2. The van der Waals surface area contributed by atoms with Gasteiger partial charge in [-0.25, -0.2) is 8.78 Å². The molecule has 2 aromatic rings. The standard InChI is InChI=1S/C14H12F2/c15-13(11-7-3-1-4-8-11)14(16)12-9-5-2-6-10-12/h1-10,13-14H/t13-,14+. The van der Waals surface area contributed by atoms with E-state index in [4.69, 9.17) is 0 Å². The Balaban J connectivity index is 2.20. The lowest BCUT2D eigenvalue weighted by molar-refractivity contribution is 0.170. The van der Waals surface area contributed by atoms with Gasteiger partial charge in [-0.2, -0.15) is 0 Å². The molecule has 0 radical (unpaired) electrons. The first-order chi connectivity index (χ1) is 7.79. The van der Waals surface area contributed by atoms with Crippen LogP contribution in [-0.2, 0) is 0 Å². The molecule has 0 nitrogen and oxygen atoms in total. The molecule has 82 valence electrons. The quantitative estimate of drug-likeness (QED) is 0.715. The van der Waals surface area contributed by atoms with E-state index in [0.717, 1.165) is 0 Å². The van der Waals surface area contributed by atoms with Gasteiger partial charge in [0.05, 0.1) is 0 Å². The van der Waals surface area contributed by atoms with Gasteiger partial charge in [-0.05, 0) is 11.1 Å². The van der Waals surface area contributed by atoms with Gasteiger partial charge in [-0.15, -0.1) is 0 Å². The number of halogens is 2. The molecule has 0 aliphatic rings. The highest BCUT2D eigenvalue weighted by Gasteiger charge is 2.23. The zero-order valence-corrected chi connectivity index (χ0v) is 8.68. The molecule has 0 unspecified atom stereocenters. The molecule has 2 heteroatoms. The van der Waals surface area contributed by atoms with Gasteiger partial charge in [0.2, 0.25) is 0 Å². The van der Waals surface area contributed by atoms with Crippen LogP contribution in [0.1, 0.15) is 23.5 Å². The Labute approximate surface area is 93.5 Å². The van der Waals surface area contributed by atoms with Gasteiger partial charge >= 0.3 is 0 Å². The van der Waals surface area contributed by atoms with Crippen LogP contribution in [0.15, 0.2) is 60.7 Å². The summed E-state index contributed by atoms with van der Waals surface area (Å²) in [4.78, 5) is 0. The summed E-state index contributed by atoms with van der Waals surface area (Å²) in [6.45, 7) is 0. The van der Waals surface area contributed by atoms with E-state index in [2.05, 4.69) is 0 Å². The van der Waals surface area contributed by atoms with Crippen LogP contribution in [0.25, 0.3) is 0 Å². The van der Waals surface area contributed by atoms with Gasteiger partial charge in [-0.1, -0.05) is 60.7 Å². The predicted molar refractivity (Wildman–Crippen MR) is 60.6 cm³/mol. The second-order valence-corrected chi connectivity index (χ2v) is 3.62. The summed E-state index contributed by atoms with van der Waals surface area (Å²) >= 11 is 0. The molecule has 2 atom stereocenters. The Morgan fingerprint density at radius 1 is 0.562 bits per heavy atom. The minimum Gasteiger partial charge on any atom is -0.239 e. The molecule has 16 heavy (non-hydrogen) atoms. The predicted octanol–water partition coefficient (Wildman–Crippen LogP) is 4.41. The van der Waals surface area contributed by atoms with E-state index in [-0.39, 0.29) is 0 Å². The highest BCUT2D eigenvalue weighted by molar-refractivity contribution is 5.24. The molecule has 0 N–H and O–H groups in total. The number of hydrogen-bond acceptors (Lipinski definition) is 0. The lowest BCUT2D eigenvalue weighted by Crippen LogP contribution is -2.01. The van der Waals surface area contributed by atoms with Gasteiger partial charge in [0.25, 0.3) is 0 Å². The Kier molecular flexibility index (Phi) is 3.30. The van der Waals surface area contributed by atoms with E-state index in [9.17, 15) is 8.78 Å². The third-order valence-electron chi connectivity index (χ3n) is 2.49. The van der Waals surface area contributed by atoms with Crippen molar-refractivity contribution >= 4 is 0 Å². The summed E-state index contributed by atoms with van der Waals surface area (Å²) in [5, 5.41) is 0. The summed E-state index contributed by atoms with van der Waals surface area (Å²) in [6.07, 6.45) is -3.22. The van der Waals surface area contributed by atoms with Gasteiger partial charge < -0.3 is 0 Å². The zero-order chi connectivity index (χ0) is 11.4. The van der Waals surface area contributed by atoms with Crippen LogP contribution >= 0.6 is 0 Å². The van der Waals surface area contributed by atoms with Crippen LogP contribution in [0.3, 0.4) is 0 Å². The Morgan fingerprint density at radius 2 is 0.875 bits per heavy atom. The molecule has 0 amide bonds. The molecule has 0 heterocycles. The van der Waals surface area contributed by atoms with Crippen LogP contribution in [0.4, 0.5) is 8.78 Å². The minimum atomic E-state index is -1.61. The van der Waals surface area contributed by atoms with Crippen molar-refractivity contribution in [2.45, 2.75) is 12.3 Å². The molecule has 0 saturated heterocycles. The molecule has 2 rings (SSSR count). The molecule has 2 aromatic carbocycles. The van der Waals surface area contributed by atoms with Crippen molar-refractivity contribution in [1.29, 1.82) is 0 Å². The number of alkyl halides is 2. The summed E-state index contributed by atoms with van der Waals surface area (Å²) < 4.78 is 27.7. The van der Waals surface area contributed by atoms with E-state index in [1.807, 2.05) is 0 Å². The highest BCUT2D eigenvalue weighted by Crippen LogP contribution is 2.34. The number of rotatable bonds is 3. The lowest BCUT2D eigenvalue weighted by Gasteiger charge is -2.13. The average Bonchev–Trinajstić information content (AvgIpc) is 2.39. The second kappa shape index (κ2) is 4.88. The van der Waals surface area contributed by atoms with Crippen LogP contribution in [0.5, 0.6) is 0 Å². The van der Waals surface area contributed by atoms with E-state index in [1.54, 1.807) is 60.7 Å². The van der Waals surface area contributed by atoms with Crippen molar-refractivity contribution in [3.63, 3.8) is 0 Å². The fourth-order valence-electron chi connectivity index (χ4n) is 1.61.